The zero-order valence-corrected chi connectivity index (χ0v) is 13.2. The van der Waals surface area contributed by atoms with Crippen LogP contribution in [0, 0.1) is 0 Å². The van der Waals surface area contributed by atoms with Crippen LogP contribution < -0.4 is 5.32 Å². The maximum Gasteiger partial charge on any atom is 0.354 e. The van der Waals surface area contributed by atoms with Crippen molar-refractivity contribution in [1.82, 2.24) is 0 Å². The summed E-state index contributed by atoms with van der Waals surface area (Å²) in [5.74, 6) is -0.945. The first-order valence-electron chi connectivity index (χ1n) is 7.22. The van der Waals surface area contributed by atoms with Crippen molar-refractivity contribution in [3.63, 3.8) is 0 Å². The number of nitrogens with one attached hydrogen (secondary N) is 1. The molecule has 0 fully saturated rings. The molecule has 1 aromatic rings. The van der Waals surface area contributed by atoms with Crippen molar-refractivity contribution >= 4 is 23.2 Å². The number of carbonyl (C=O) groups excluding carboxylic acids is 3. The van der Waals surface area contributed by atoms with Crippen LogP contribution in [0.5, 0.6) is 0 Å². The van der Waals surface area contributed by atoms with Crippen LogP contribution in [0.2, 0.25) is 0 Å². The minimum atomic E-state index is -0.595. The Balaban J connectivity index is 3.17. The van der Waals surface area contributed by atoms with Crippen molar-refractivity contribution in [1.29, 1.82) is 0 Å². The van der Waals surface area contributed by atoms with Crippen molar-refractivity contribution in [3.8, 4) is 0 Å². The number of ether oxygens (including phenoxy) is 1. The lowest BCUT2D eigenvalue weighted by Gasteiger charge is -2.14. The van der Waals surface area contributed by atoms with Crippen molar-refractivity contribution in [2.45, 2.75) is 33.6 Å². The normalized spacial score (nSPS) is 9.95. The number of hydrogen-bond donors (Lipinski definition) is 1. The van der Waals surface area contributed by atoms with Gasteiger partial charge in [0.25, 0.3) is 0 Å². The van der Waals surface area contributed by atoms with Crippen LogP contribution >= 0.6 is 0 Å². The van der Waals surface area contributed by atoms with Crippen molar-refractivity contribution in [2.75, 3.05) is 11.9 Å². The van der Waals surface area contributed by atoms with Gasteiger partial charge in [-0.3, -0.25) is 9.59 Å². The Hall–Kier alpha value is -2.43. The standard InChI is InChI=1S/C17H21NO4/c1-5-8-15(20)13-9-7-10-14(16(13)12(4)19)18-11(3)17(21)22-6-2/h7,9-10,18H,3,5-6,8H2,1-2,4H3. The number of rotatable bonds is 8. The SMILES string of the molecule is C=C(Nc1cccc(C(=O)CCC)c1C(C)=O)C(=O)OCC. The number of carbonyl (C=O) groups is 3. The Labute approximate surface area is 130 Å². The van der Waals surface area contributed by atoms with E-state index in [9.17, 15) is 14.4 Å². The molecule has 5 heteroatoms. The summed E-state index contributed by atoms with van der Waals surface area (Å²) in [5.41, 5.74) is 1.03. The molecule has 1 aromatic carbocycles. The van der Waals surface area contributed by atoms with Crippen LogP contribution in [0.3, 0.4) is 0 Å². The highest BCUT2D eigenvalue weighted by Gasteiger charge is 2.19. The van der Waals surface area contributed by atoms with Crippen LogP contribution in [0.25, 0.3) is 0 Å². The Morgan fingerprint density at radius 1 is 1.23 bits per heavy atom. The third-order valence-electron chi connectivity index (χ3n) is 3.00. The van der Waals surface area contributed by atoms with Gasteiger partial charge in [-0.15, -0.1) is 0 Å². The number of anilines is 1. The van der Waals surface area contributed by atoms with E-state index in [1.807, 2.05) is 6.92 Å². The van der Waals surface area contributed by atoms with Crippen LogP contribution in [0.1, 0.15) is 54.3 Å². The minimum Gasteiger partial charge on any atom is -0.461 e. The molecule has 0 radical (unpaired) electrons. The van der Waals surface area contributed by atoms with Gasteiger partial charge in [0.1, 0.15) is 5.70 Å². The molecular weight excluding hydrogens is 282 g/mol. The zero-order valence-electron chi connectivity index (χ0n) is 13.2. The van der Waals surface area contributed by atoms with Gasteiger partial charge in [-0.1, -0.05) is 25.6 Å². The fourth-order valence-corrected chi connectivity index (χ4v) is 2.06. The van der Waals surface area contributed by atoms with E-state index in [2.05, 4.69) is 11.9 Å². The molecule has 0 spiro atoms. The Morgan fingerprint density at radius 2 is 1.91 bits per heavy atom. The molecule has 0 atom stereocenters. The average Bonchev–Trinajstić information content (AvgIpc) is 2.47. The predicted molar refractivity (Wildman–Crippen MR) is 85.1 cm³/mol. The Kier molecular flexibility index (Phi) is 6.50. The number of ketones is 2. The maximum atomic E-state index is 12.2. The van der Waals surface area contributed by atoms with Gasteiger partial charge in [0, 0.05) is 12.0 Å². The number of hydrogen-bond acceptors (Lipinski definition) is 5. The molecule has 0 aliphatic heterocycles. The lowest BCUT2D eigenvalue weighted by molar-refractivity contribution is -0.138. The van der Waals surface area contributed by atoms with Crippen LogP contribution in [-0.4, -0.2) is 24.1 Å². The third kappa shape index (κ3) is 4.28. The molecule has 5 nitrogen and oxygen atoms in total. The number of benzene rings is 1. The molecule has 0 unspecified atom stereocenters. The molecule has 0 aliphatic rings. The van der Waals surface area contributed by atoms with Gasteiger partial charge in [0.15, 0.2) is 11.6 Å². The number of Topliss-reactive ketones (excluding diaryl/α,β-unsaturated/α-hetero) is 2. The minimum absolute atomic E-state index is 0.0180. The molecule has 0 saturated carbocycles. The summed E-state index contributed by atoms with van der Waals surface area (Å²) in [6.45, 7) is 8.80. The van der Waals surface area contributed by atoms with Gasteiger partial charge < -0.3 is 10.1 Å². The second-order valence-electron chi connectivity index (χ2n) is 4.78. The Morgan fingerprint density at radius 3 is 2.45 bits per heavy atom. The lowest BCUT2D eigenvalue weighted by atomic mass is 9.96. The van der Waals surface area contributed by atoms with E-state index in [-0.39, 0.29) is 29.4 Å². The molecule has 1 N–H and O–H groups in total. The lowest BCUT2D eigenvalue weighted by Crippen LogP contribution is -2.16. The van der Waals surface area contributed by atoms with Crippen molar-refractivity contribution in [2.24, 2.45) is 0 Å². The first-order chi connectivity index (χ1) is 10.4. The fourth-order valence-electron chi connectivity index (χ4n) is 2.06. The molecule has 0 amide bonds. The monoisotopic (exact) mass is 303 g/mol. The highest BCUT2D eigenvalue weighted by atomic mass is 16.5. The first-order valence-corrected chi connectivity index (χ1v) is 7.22. The second kappa shape index (κ2) is 8.12. The quantitative estimate of drug-likeness (QED) is 0.453. The molecule has 0 aliphatic carbocycles. The molecule has 22 heavy (non-hydrogen) atoms. The summed E-state index contributed by atoms with van der Waals surface area (Å²) in [6.07, 6.45) is 1.06. The van der Waals surface area contributed by atoms with Crippen LogP contribution in [-0.2, 0) is 9.53 Å². The van der Waals surface area contributed by atoms with Crippen molar-refractivity contribution < 1.29 is 19.1 Å². The Bertz CT molecular complexity index is 605. The molecular formula is C17H21NO4. The largest absolute Gasteiger partial charge is 0.461 e. The van der Waals surface area contributed by atoms with Gasteiger partial charge in [-0.2, -0.15) is 0 Å². The summed E-state index contributed by atoms with van der Waals surface area (Å²) < 4.78 is 4.84. The number of esters is 1. The van der Waals surface area contributed by atoms with Gasteiger partial charge in [-0.05, 0) is 26.3 Å². The molecule has 0 saturated heterocycles. The van der Waals surface area contributed by atoms with E-state index in [4.69, 9.17) is 4.74 Å². The highest BCUT2D eigenvalue weighted by molar-refractivity contribution is 6.12. The third-order valence-corrected chi connectivity index (χ3v) is 3.00. The van der Waals surface area contributed by atoms with Gasteiger partial charge in [-0.25, -0.2) is 4.79 Å². The topological polar surface area (TPSA) is 72.5 Å². The summed E-state index contributed by atoms with van der Waals surface area (Å²) in [4.78, 5) is 35.7. The predicted octanol–water partition coefficient (Wildman–Crippen LogP) is 3.36. The highest BCUT2D eigenvalue weighted by Crippen LogP contribution is 2.24. The average molecular weight is 303 g/mol. The second-order valence-corrected chi connectivity index (χ2v) is 4.78. The zero-order chi connectivity index (χ0) is 16.7. The molecule has 0 heterocycles. The first kappa shape index (κ1) is 17.6. The van der Waals surface area contributed by atoms with Gasteiger partial charge in [0.05, 0.1) is 17.9 Å². The van der Waals surface area contributed by atoms with Crippen molar-refractivity contribution in [3.05, 3.63) is 41.6 Å². The van der Waals surface area contributed by atoms with E-state index in [1.54, 1.807) is 25.1 Å². The van der Waals surface area contributed by atoms with Crippen LogP contribution in [0.4, 0.5) is 5.69 Å². The molecule has 0 bridgehead atoms. The van der Waals surface area contributed by atoms with E-state index in [0.29, 0.717) is 24.1 Å². The summed E-state index contributed by atoms with van der Waals surface area (Å²) in [6, 6.07) is 4.91. The van der Waals surface area contributed by atoms with Gasteiger partial charge >= 0.3 is 5.97 Å². The summed E-state index contributed by atoms with van der Waals surface area (Å²) >= 11 is 0. The van der Waals surface area contributed by atoms with Gasteiger partial charge in [0.2, 0.25) is 0 Å². The van der Waals surface area contributed by atoms with E-state index < -0.39 is 5.97 Å². The van der Waals surface area contributed by atoms with E-state index >= 15 is 0 Å². The maximum absolute atomic E-state index is 12.2. The smallest absolute Gasteiger partial charge is 0.354 e. The fraction of sp³-hybridized carbons (Fsp3) is 0.353. The summed E-state index contributed by atoms with van der Waals surface area (Å²) in [7, 11) is 0. The van der Waals surface area contributed by atoms with E-state index in [1.165, 1.54) is 6.92 Å². The molecule has 0 aromatic heterocycles. The molecule has 118 valence electrons. The van der Waals surface area contributed by atoms with Crippen LogP contribution in [0.15, 0.2) is 30.5 Å². The molecule has 1 rings (SSSR count). The summed E-state index contributed by atoms with van der Waals surface area (Å²) in [5, 5.41) is 2.77. The van der Waals surface area contributed by atoms with E-state index in [0.717, 1.165) is 0 Å².